The zero-order valence-corrected chi connectivity index (χ0v) is 11.9. The highest BCUT2D eigenvalue weighted by molar-refractivity contribution is 5.37. The average Bonchev–Trinajstić information content (AvgIpc) is 2.49. The van der Waals surface area contributed by atoms with E-state index in [1.165, 1.54) is 11.1 Å². The maximum Gasteiger partial charge on any atom is 0.161 e. The normalized spacial score (nSPS) is 15.1. The molecule has 0 atom stereocenters. The Kier molecular flexibility index (Phi) is 5.68. The van der Waals surface area contributed by atoms with E-state index in [1.807, 2.05) is 0 Å². The fraction of sp³-hybridized carbons (Fsp3) is 0.294. The van der Waals surface area contributed by atoms with E-state index in [1.54, 1.807) is 26.0 Å². The second kappa shape index (κ2) is 7.03. The Labute approximate surface area is 114 Å². The zero-order valence-electron chi connectivity index (χ0n) is 11.9. The van der Waals surface area contributed by atoms with Crippen LogP contribution < -0.4 is 0 Å². The second-order valence-corrected chi connectivity index (χ2v) is 4.85. The van der Waals surface area contributed by atoms with Crippen LogP contribution in [0.2, 0.25) is 0 Å². The van der Waals surface area contributed by atoms with Crippen molar-refractivity contribution >= 4 is 0 Å². The average molecular weight is 262 g/mol. The summed E-state index contributed by atoms with van der Waals surface area (Å²) in [6.45, 7) is 7.35. The van der Waals surface area contributed by atoms with E-state index in [9.17, 15) is 8.78 Å². The van der Waals surface area contributed by atoms with Gasteiger partial charge in [-0.25, -0.2) is 8.78 Å². The molecule has 0 bridgehead atoms. The van der Waals surface area contributed by atoms with Crippen molar-refractivity contribution in [3.05, 3.63) is 70.3 Å². The molecule has 0 nitrogen and oxygen atoms in total. The van der Waals surface area contributed by atoms with Gasteiger partial charge < -0.3 is 0 Å². The molecule has 1 aromatic carbocycles. The second-order valence-electron chi connectivity index (χ2n) is 4.85. The lowest BCUT2D eigenvalue weighted by Crippen LogP contribution is -1.82. The number of benzene rings is 1. The molecule has 0 N–H and O–H groups in total. The lowest BCUT2D eigenvalue weighted by Gasteiger charge is -1.97. The summed E-state index contributed by atoms with van der Waals surface area (Å²) in [5.74, 6) is -1.43. The Bertz CT molecular complexity index is 496. The summed E-state index contributed by atoms with van der Waals surface area (Å²) in [6, 6.07) is 8.48. The van der Waals surface area contributed by atoms with Crippen LogP contribution in [0.4, 0.5) is 8.78 Å². The van der Waals surface area contributed by atoms with Gasteiger partial charge in [0.15, 0.2) is 11.7 Å². The Balaban J connectivity index is 0.000000200. The lowest BCUT2D eigenvalue weighted by molar-refractivity contribution is 0.532. The third kappa shape index (κ3) is 4.82. The van der Waals surface area contributed by atoms with Gasteiger partial charge in [-0.15, -0.1) is 0 Å². The van der Waals surface area contributed by atoms with Crippen LogP contribution in [0, 0.1) is 13.8 Å². The number of aryl methyl sites for hydroxylation is 2. The predicted molar refractivity (Wildman–Crippen MR) is 77.3 cm³/mol. The molecule has 0 radical (unpaired) electrons. The molecular formula is C17H20F2. The monoisotopic (exact) mass is 262 g/mol. The number of allylic oxidation sites excluding steroid dienone is 6. The summed E-state index contributed by atoms with van der Waals surface area (Å²) in [5.41, 5.74) is 3.47. The van der Waals surface area contributed by atoms with Crippen LogP contribution in [0.25, 0.3) is 0 Å². The molecule has 1 aliphatic rings. The van der Waals surface area contributed by atoms with Crippen molar-refractivity contribution in [2.75, 3.05) is 0 Å². The molecule has 1 aliphatic carbocycles. The molecule has 0 spiro atoms. The van der Waals surface area contributed by atoms with Crippen molar-refractivity contribution in [1.82, 2.24) is 0 Å². The summed E-state index contributed by atoms with van der Waals surface area (Å²) in [6.07, 6.45) is 3.86. The van der Waals surface area contributed by atoms with E-state index < -0.39 is 11.7 Å². The summed E-state index contributed by atoms with van der Waals surface area (Å²) in [4.78, 5) is 0. The first-order valence-corrected chi connectivity index (χ1v) is 6.33. The topological polar surface area (TPSA) is 0 Å². The number of halogens is 2. The van der Waals surface area contributed by atoms with E-state index >= 15 is 0 Å². The zero-order chi connectivity index (χ0) is 14.4. The molecule has 2 rings (SSSR count). The van der Waals surface area contributed by atoms with Crippen molar-refractivity contribution in [3.63, 3.8) is 0 Å². The fourth-order valence-corrected chi connectivity index (χ4v) is 1.57. The molecule has 0 amide bonds. The van der Waals surface area contributed by atoms with Crippen LogP contribution in [-0.4, -0.2) is 0 Å². The fourth-order valence-electron chi connectivity index (χ4n) is 1.57. The quantitative estimate of drug-likeness (QED) is 0.559. The summed E-state index contributed by atoms with van der Waals surface area (Å²) >= 11 is 0. The van der Waals surface area contributed by atoms with Crippen LogP contribution in [0.15, 0.2) is 59.2 Å². The van der Waals surface area contributed by atoms with Gasteiger partial charge >= 0.3 is 0 Å². The van der Waals surface area contributed by atoms with Crippen molar-refractivity contribution in [2.45, 2.75) is 34.1 Å². The molecule has 0 aromatic heterocycles. The van der Waals surface area contributed by atoms with E-state index in [4.69, 9.17) is 0 Å². The molecule has 0 fully saturated rings. The lowest BCUT2D eigenvalue weighted by atomic mass is 10.2. The van der Waals surface area contributed by atoms with Gasteiger partial charge in [-0.3, -0.25) is 0 Å². The van der Waals surface area contributed by atoms with E-state index in [-0.39, 0.29) is 0 Å². The van der Waals surface area contributed by atoms with Crippen LogP contribution in [0.5, 0.6) is 0 Å². The molecule has 0 aliphatic heterocycles. The minimum atomic E-state index is -0.726. The van der Waals surface area contributed by atoms with E-state index in [0.717, 1.165) is 0 Å². The predicted octanol–water partition coefficient (Wildman–Crippen LogP) is 5.74. The molecule has 0 saturated carbocycles. The van der Waals surface area contributed by atoms with Gasteiger partial charge in [0.1, 0.15) is 0 Å². The number of hydrogen-bond donors (Lipinski definition) is 0. The van der Waals surface area contributed by atoms with Crippen molar-refractivity contribution in [2.24, 2.45) is 0 Å². The molecule has 19 heavy (non-hydrogen) atoms. The Morgan fingerprint density at radius 1 is 0.789 bits per heavy atom. The van der Waals surface area contributed by atoms with Gasteiger partial charge in [0.25, 0.3) is 0 Å². The molecular weight excluding hydrogens is 242 g/mol. The molecule has 0 heterocycles. The van der Waals surface area contributed by atoms with Gasteiger partial charge in [-0.1, -0.05) is 47.5 Å². The molecule has 0 unspecified atom stereocenters. The number of hydrogen-bond acceptors (Lipinski definition) is 0. The smallest absolute Gasteiger partial charge is 0.161 e. The van der Waals surface area contributed by atoms with Crippen LogP contribution in [0.1, 0.15) is 31.4 Å². The highest BCUT2D eigenvalue weighted by atomic mass is 19.2. The molecule has 0 saturated heterocycles. The van der Waals surface area contributed by atoms with E-state index in [2.05, 4.69) is 38.1 Å². The Morgan fingerprint density at radius 2 is 1.26 bits per heavy atom. The minimum absolute atomic E-state index is 0.361. The SMILES string of the molecule is CC1=C(F)C(F)=C(C)CC=C1.Cc1ccc(C)cc1. The molecule has 102 valence electrons. The summed E-state index contributed by atoms with van der Waals surface area (Å²) in [7, 11) is 0. The standard InChI is InChI=1S/C9H10F2.C8H10/c1-6-4-3-5-7(2)9(11)8(6)10;1-7-3-5-8(2)6-4-7/h3-4H,5H2,1-2H3;3-6H,1-2H3. The third-order valence-corrected chi connectivity index (χ3v) is 2.92. The van der Waals surface area contributed by atoms with Gasteiger partial charge in [-0.2, -0.15) is 0 Å². The first kappa shape index (κ1) is 15.4. The molecule has 1 aromatic rings. The Morgan fingerprint density at radius 3 is 1.74 bits per heavy atom. The number of rotatable bonds is 0. The van der Waals surface area contributed by atoms with Crippen LogP contribution in [0.3, 0.4) is 0 Å². The maximum atomic E-state index is 12.9. The Hall–Kier alpha value is -1.70. The van der Waals surface area contributed by atoms with Gasteiger partial charge in [-0.05, 0) is 45.3 Å². The first-order valence-electron chi connectivity index (χ1n) is 6.33. The molecule has 2 heteroatoms. The maximum absolute atomic E-state index is 12.9. The third-order valence-electron chi connectivity index (χ3n) is 2.92. The van der Waals surface area contributed by atoms with Crippen molar-refractivity contribution in [1.29, 1.82) is 0 Å². The minimum Gasteiger partial charge on any atom is -0.204 e. The van der Waals surface area contributed by atoms with Gasteiger partial charge in [0.2, 0.25) is 0 Å². The summed E-state index contributed by atoms with van der Waals surface area (Å²) in [5, 5.41) is 0. The van der Waals surface area contributed by atoms with Crippen LogP contribution in [-0.2, 0) is 0 Å². The highest BCUT2D eigenvalue weighted by Crippen LogP contribution is 2.26. The van der Waals surface area contributed by atoms with Crippen molar-refractivity contribution in [3.8, 4) is 0 Å². The summed E-state index contributed by atoms with van der Waals surface area (Å²) < 4.78 is 25.8. The van der Waals surface area contributed by atoms with Gasteiger partial charge in [0, 0.05) is 0 Å². The highest BCUT2D eigenvalue weighted by Gasteiger charge is 2.11. The largest absolute Gasteiger partial charge is 0.204 e. The van der Waals surface area contributed by atoms with Crippen LogP contribution >= 0.6 is 0 Å². The van der Waals surface area contributed by atoms with E-state index in [0.29, 0.717) is 17.6 Å². The van der Waals surface area contributed by atoms with Gasteiger partial charge in [0.05, 0.1) is 0 Å². The first-order chi connectivity index (χ1) is 8.91. The van der Waals surface area contributed by atoms with Crippen molar-refractivity contribution < 1.29 is 8.78 Å².